The zero-order valence-corrected chi connectivity index (χ0v) is 16.2. The van der Waals surface area contributed by atoms with Crippen LogP contribution in [0.4, 0.5) is 0 Å². The highest BCUT2D eigenvalue weighted by Gasteiger charge is 2.30. The van der Waals surface area contributed by atoms with Crippen molar-refractivity contribution in [2.45, 2.75) is 53.1 Å². The molecule has 0 atom stereocenters. The van der Waals surface area contributed by atoms with Gasteiger partial charge in [-0.25, -0.2) is 4.79 Å². The lowest BCUT2D eigenvalue weighted by Gasteiger charge is -2.29. The van der Waals surface area contributed by atoms with Crippen molar-refractivity contribution in [3.63, 3.8) is 0 Å². The molecule has 3 heterocycles. The summed E-state index contributed by atoms with van der Waals surface area (Å²) in [6.45, 7) is 9.43. The Balaban J connectivity index is 2.34. The van der Waals surface area contributed by atoms with Crippen molar-refractivity contribution < 1.29 is 13.6 Å². The molecule has 0 saturated heterocycles. The van der Waals surface area contributed by atoms with Crippen molar-refractivity contribution in [2.75, 3.05) is 0 Å². The van der Waals surface area contributed by atoms with Gasteiger partial charge in [-0.1, -0.05) is 13.3 Å². The molecule has 0 amide bonds. The van der Waals surface area contributed by atoms with E-state index in [1.165, 1.54) is 6.07 Å². The van der Waals surface area contributed by atoms with Crippen LogP contribution >= 0.6 is 0 Å². The van der Waals surface area contributed by atoms with Crippen LogP contribution < -0.4 is 15.8 Å². The molecule has 1 aliphatic rings. The highest BCUT2D eigenvalue weighted by molar-refractivity contribution is 6.11. The van der Waals surface area contributed by atoms with Gasteiger partial charge in [0.1, 0.15) is 22.5 Å². The standard InChI is InChI=1S/C22H22O5/c1-6-7-13-10-15(23)26-21-16(13)20-14(8-9-22(4,5)27-20)19-17(21)18(24)11(2)12(3)25-19/h8-10H,6-7H2,1-5H3. The highest BCUT2D eigenvalue weighted by Crippen LogP contribution is 2.43. The Morgan fingerprint density at radius 1 is 1.04 bits per heavy atom. The predicted molar refractivity (Wildman–Crippen MR) is 106 cm³/mol. The van der Waals surface area contributed by atoms with Crippen LogP contribution in [0.5, 0.6) is 5.75 Å². The number of aryl methyl sites for hydroxylation is 2. The molecule has 1 aliphatic heterocycles. The minimum Gasteiger partial charge on any atom is -0.482 e. The zero-order chi connectivity index (χ0) is 19.5. The van der Waals surface area contributed by atoms with Gasteiger partial charge < -0.3 is 13.6 Å². The molecule has 2 aromatic heterocycles. The lowest BCUT2D eigenvalue weighted by atomic mass is 9.94. The van der Waals surface area contributed by atoms with E-state index < -0.39 is 11.2 Å². The molecule has 5 nitrogen and oxygen atoms in total. The maximum atomic E-state index is 13.1. The molecule has 1 aromatic carbocycles. The minimum atomic E-state index is -0.521. The van der Waals surface area contributed by atoms with Crippen LogP contribution in [0.25, 0.3) is 28.0 Å². The van der Waals surface area contributed by atoms with Gasteiger partial charge in [0, 0.05) is 11.6 Å². The second kappa shape index (κ2) is 5.84. The molecule has 0 fully saturated rings. The van der Waals surface area contributed by atoms with Crippen molar-refractivity contribution >= 4 is 28.0 Å². The van der Waals surface area contributed by atoms with E-state index in [9.17, 15) is 9.59 Å². The molecule has 3 aromatic rings. The lowest BCUT2D eigenvalue weighted by Crippen LogP contribution is -2.28. The summed E-state index contributed by atoms with van der Waals surface area (Å²) in [7, 11) is 0. The number of rotatable bonds is 2. The van der Waals surface area contributed by atoms with E-state index in [0.29, 0.717) is 45.4 Å². The molecule has 0 spiro atoms. The van der Waals surface area contributed by atoms with Crippen LogP contribution in [0.15, 0.2) is 30.6 Å². The first-order chi connectivity index (χ1) is 12.7. The van der Waals surface area contributed by atoms with Gasteiger partial charge in [-0.2, -0.15) is 0 Å². The Bertz CT molecular complexity index is 1240. The zero-order valence-electron chi connectivity index (χ0n) is 16.2. The van der Waals surface area contributed by atoms with Crippen molar-refractivity contribution in [3.8, 4) is 5.75 Å². The van der Waals surface area contributed by atoms with E-state index in [1.54, 1.807) is 13.8 Å². The minimum absolute atomic E-state index is 0.184. The summed E-state index contributed by atoms with van der Waals surface area (Å²) in [5, 5.41) is 0.988. The summed E-state index contributed by atoms with van der Waals surface area (Å²) >= 11 is 0. The van der Waals surface area contributed by atoms with E-state index in [-0.39, 0.29) is 11.0 Å². The smallest absolute Gasteiger partial charge is 0.336 e. The van der Waals surface area contributed by atoms with Gasteiger partial charge in [0.2, 0.25) is 0 Å². The van der Waals surface area contributed by atoms with Crippen LogP contribution in [-0.4, -0.2) is 5.60 Å². The first kappa shape index (κ1) is 17.6. The van der Waals surface area contributed by atoms with E-state index in [4.69, 9.17) is 13.6 Å². The summed E-state index contributed by atoms with van der Waals surface area (Å²) < 4.78 is 17.8. The number of hydrogen-bond acceptors (Lipinski definition) is 5. The van der Waals surface area contributed by atoms with Crippen LogP contribution in [0, 0.1) is 13.8 Å². The molecule has 0 saturated carbocycles. The average molecular weight is 366 g/mol. The van der Waals surface area contributed by atoms with Crippen molar-refractivity contribution in [3.05, 3.63) is 55.2 Å². The summed E-state index contributed by atoms with van der Waals surface area (Å²) in [6.07, 6.45) is 5.41. The Kier molecular flexibility index (Phi) is 3.81. The van der Waals surface area contributed by atoms with E-state index >= 15 is 0 Å². The number of hydrogen-bond donors (Lipinski definition) is 0. The SMILES string of the molecule is CCCc1cc(=O)oc2c1c1c(c3oc(C)c(C)c(=O)c32)C=CC(C)(C)O1. The highest BCUT2D eigenvalue weighted by atomic mass is 16.5. The number of benzene rings is 1. The van der Waals surface area contributed by atoms with Crippen LogP contribution in [0.2, 0.25) is 0 Å². The predicted octanol–water partition coefficient (Wildman–Crippen LogP) is 4.65. The fourth-order valence-corrected chi connectivity index (χ4v) is 3.64. The molecule has 4 rings (SSSR count). The molecule has 0 bridgehead atoms. The third kappa shape index (κ3) is 2.60. The summed E-state index contributed by atoms with van der Waals surface area (Å²) in [6, 6.07) is 1.50. The van der Waals surface area contributed by atoms with Gasteiger partial charge in [-0.05, 0) is 51.8 Å². The van der Waals surface area contributed by atoms with Crippen molar-refractivity contribution in [1.29, 1.82) is 0 Å². The lowest BCUT2D eigenvalue weighted by molar-refractivity contribution is 0.161. The number of fused-ring (bicyclic) bond motifs is 6. The van der Waals surface area contributed by atoms with Gasteiger partial charge in [-0.15, -0.1) is 0 Å². The van der Waals surface area contributed by atoms with E-state index in [0.717, 1.165) is 12.0 Å². The maximum Gasteiger partial charge on any atom is 0.336 e. The molecule has 0 radical (unpaired) electrons. The fraction of sp³-hybridized carbons (Fsp3) is 0.364. The fourth-order valence-electron chi connectivity index (χ4n) is 3.64. The van der Waals surface area contributed by atoms with Gasteiger partial charge in [0.05, 0.1) is 10.9 Å². The molecular weight excluding hydrogens is 344 g/mol. The Morgan fingerprint density at radius 2 is 1.78 bits per heavy atom. The first-order valence-corrected chi connectivity index (χ1v) is 9.18. The molecule has 0 N–H and O–H groups in total. The van der Waals surface area contributed by atoms with Gasteiger partial charge in [0.15, 0.2) is 16.6 Å². The largest absolute Gasteiger partial charge is 0.482 e. The summed E-state index contributed by atoms with van der Waals surface area (Å²) in [4.78, 5) is 25.3. The van der Waals surface area contributed by atoms with Crippen molar-refractivity contribution in [2.24, 2.45) is 0 Å². The normalized spacial score (nSPS) is 15.1. The topological polar surface area (TPSA) is 69.7 Å². The molecule has 5 heteroatoms. The maximum absolute atomic E-state index is 13.1. The third-order valence-corrected chi connectivity index (χ3v) is 5.10. The average Bonchev–Trinajstić information content (AvgIpc) is 2.58. The molecule has 0 unspecified atom stereocenters. The van der Waals surface area contributed by atoms with E-state index in [2.05, 4.69) is 0 Å². The summed E-state index contributed by atoms with van der Waals surface area (Å²) in [5.41, 5.74) is 1.51. The van der Waals surface area contributed by atoms with Crippen LogP contribution in [0.1, 0.15) is 49.6 Å². The van der Waals surface area contributed by atoms with E-state index in [1.807, 2.05) is 32.9 Å². The monoisotopic (exact) mass is 366 g/mol. The van der Waals surface area contributed by atoms with Gasteiger partial charge in [-0.3, -0.25) is 4.79 Å². The van der Waals surface area contributed by atoms with Gasteiger partial charge >= 0.3 is 5.63 Å². The quantitative estimate of drug-likeness (QED) is 0.488. The van der Waals surface area contributed by atoms with Crippen LogP contribution in [-0.2, 0) is 6.42 Å². The Morgan fingerprint density at radius 3 is 2.48 bits per heavy atom. The Labute approximate surface area is 156 Å². The third-order valence-electron chi connectivity index (χ3n) is 5.10. The van der Waals surface area contributed by atoms with Crippen molar-refractivity contribution in [1.82, 2.24) is 0 Å². The van der Waals surface area contributed by atoms with Crippen LogP contribution in [0.3, 0.4) is 0 Å². The number of ether oxygens (including phenoxy) is 1. The summed E-state index contributed by atoms with van der Waals surface area (Å²) in [5.74, 6) is 1.14. The first-order valence-electron chi connectivity index (χ1n) is 9.18. The second-order valence-corrected chi connectivity index (χ2v) is 7.64. The molecule has 27 heavy (non-hydrogen) atoms. The van der Waals surface area contributed by atoms with Gasteiger partial charge in [0.25, 0.3) is 0 Å². The second-order valence-electron chi connectivity index (χ2n) is 7.64. The molecular formula is C22H22O5. The Hall–Kier alpha value is -2.82. The molecule has 0 aliphatic carbocycles. The molecule has 140 valence electrons.